The Morgan fingerprint density at radius 1 is 1.06 bits per heavy atom. The molecule has 2 aromatic heterocycles. The van der Waals surface area contributed by atoms with E-state index in [1.165, 1.54) is 7.11 Å². The zero-order chi connectivity index (χ0) is 25.0. The molecule has 2 fully saturated rings. The highest BCUT2D eigenvalue weighted by Gasteiger charge is 2.55. The summed E-state index contributed by atoms with van der Waals surface area (Å²) in [6.45, 7) is 1.39. The number of aromatic nitrogens is 3. The summed E-state index contributed by atoms with van der Waals surface area (Å²) in [6.07, 6.45) is -1.28. The molecule has 9 nitrogen and oxygen atoms in total. The first-order valence-electron chi connectivity index (χ1n) is 11.2. The van der Waals surface area contributed by atoms with Crippen LogP contribution in [-0.4, -0.2) is 62.3 Å². The van der Waals surface area contributed by atoms with Crippen molar-refractivity contribution in [2.75, 3.05) is 13.7 Å². The van der Waals surface area contributed by atoms with Gasteiger partial charge in [-0.3, -0.25) is 14.5 Å². The first kappa shape index (κ1) is 22.9. The Hall–Kier alpha value is -3.89. The van der Waals surface area contributed by atoms with Crippen LogP contribution in [0.4, 0.5) is 13.6 Å². The molecule has 182 valence electrons. The summed E-state index contributed by atoms with van der Waals surface area (Å²) in [6, 6.07) is 9.82. The van der Waals surface area contributed by atoms with Gasteiger partial charge in [0, 0.05) is 24.1 Å². The van der Waals surface area contributed by atoms with Crippen molar-refractivity contribution in [1.82, 2.24) is 24.8 Å². The predicted molar refractivity (Wildman–Crippen MR) is 121 cm³/mol. The normalized spacial score (nSPS) is 18.8. The maximum absolute atomic E-state index is 13.6. The molecule has 1 saturated heterocycles. The van der Waals surface area contributed by atoms with Gasteiger partial charge in [0.2, 0.25) is 5.92 Å². The number of alkyl halides is 2. The number of hydrogen-bond donors (Lipinski definition) is 1. The van der Waals surface area contributed by atoms with Crippen molar-refractivity contribution in [3.8, 4) is 11.7 Å². The van der Waals surface area contributed by atoms with Gasteiger partial charge in [-0.25, -0.2) is 23.1 Å². The summed E-state index contributed by atoms with van der Waals surface area (Å²) in [5.74, 6) is -3.92. The minimum Gasteiger partial charge on any atom is -0.468 e. The molecular formula is C24H23F2N5O4. The fourth-order valence-electron chi connectivity index (χ4n) is 4.63. The van der Waals surface area contributed by atoms with E-state index in [1.807, 2.05) is 19.1 Å². The second-order valence-electron chi connectivity index (χ2n) is 8.96. The summed E-state index contributed by atoms with van der Waals surface area (Å²) < 4.78 is 34.3. The number of aryl methyl sites for hydroxylation is 1. The molecule has 35 heavy (non-hydrogen) atoms. The van der Waals surface area contributed by atoms with Crippen LogP contribution in [0.2, 0.25) is 0 Å². The number of Topliss-reactive ketones (excluding diaryl/α,β-unsaturated/α-hetero) is 1. The molecule has 3 heterocycles. The fourth-order valence-corrected chi connectivity index (χ4v) is 4.63. The van der Waals surface area contributed by atoms with Gasteiger partial charge in [-0.2, -0.15) is 4.98 Å². The summed E-state index contributed by atoms with van der Waals surface area (Å²) >= 11 is 0. The molecule has 1 aliphatic heterocycles. The van der Waals surface area contributed by atoms with Crippen LogP contribution >= 0.6 is 0 Å². The van der Waals surface area contributed by atoms with Crippen molar-refractivity contribution in [3.05, 3.63) is 47.7 Å². The monoisotopic (exact) mass is 483 g/mol. The van der Waals surface area contributed by atoms with Crippen LogP contribution in [0.5, 0.6) is 6.01 Å². The number of rotatable bonds is 5. The van der Waals surface area contributed by atoms with Crippen LogP contribution in [-0.2, 0) is 4.79 Å². The van der Waals surface area contributed by atoms with Crippen molar-refractivity contribution in [2.24, 2.45) is 0 Å². The molecule has 3 amide bonds. The third-order valence-electron chi connectivity index (χ3n) is 6.63. The number of amides is 3. The van der Waals surface area contributed by atoms with Crippen LogP contribution in [0.15, 0.2) is 36.4 Å². The van der Waals surface area contributed by atoms with Crippen LogP contribution in [0, 0.1) is 6.92 Å². The molecule has 0 unspecified atom stereocenters. The molecule has 3 aromatic rings. The van der Waals surface area contributed by atoms with Gasteiger partial charge in [0.05, 0.1) is 19.3 Å². The molecule has 1 spiro atoms. The molecular weight excluding hydrogens is 460 g/mol. The van der Waals surface area contributed by atoms with Gasteiger partial charge in [-0.15, -0.1) is 0 Å². The highest BCUT2D eigenvalue weighted by atomic mass is 19.3. The van der Waals surface area contributed by atoms with E-state index in [0.29, 0.717) is 22.9 Å². The Morgan fingerprint density at radius 3 is 2.40 bits per heavy atom. The van der Waals surface area contributed by atoms with Gasteiger partial charge < -0.3 is 10.1 Å². The number of methoxy groups -OCH3 is 1. The average Bonchev–Trinajstić information content (AvgIpc) is 3.31. The molecule has 0 radical (unpaired) electrons. The lowest BCUT2D eigenvalue weighted by atomic mass is 9.80. The number of hydrogen-bond acceptors (Lipinski definition) is 6. The second kappa shape index (κ2) is 8.10. The van der Waals surface area contributed by atoms with E-state index in [9.17, 15) is 23.2 Å². The number of ether oxygens (including phenoxy) is 1. The number of nitrogens with zero attached hydrogens (tertiary/aromatic N) is 4. The maximum atomic E-state index is 13.6. The van der Waals surface area contributed by atoms with Crippen LogP contribution in [0.3, 0.4) is 0 Å². The molecule has 1 saturated carbocycles. The standard InChI is InChI=1S/C24H23F2N5O4/c1-14-3-8-17-19(27-14)31(22(28-17)35-2)16-6-4-15(5-7-16)18(32)13-30-20(33)23(29-21(30)34)9-11-24(25,26)12-10-23/h3-8H,9-13H2,1-2H3,(H,29,34). The largest absolute Gasteiger partial charge is 0.468 e. The van der Waals surface area contributed by atoms with Crippen molar-refractivity contribution in [1.29, 1.82) is 0 Å². The average molecular weight is 483 g/mol. The van der Waals surface area contributed by atoms with Gasteiger partial charge in [-0.1, -0.05) is 0 Å². The molecule has 1 aromatic carbocycles. The van der Waals surface area contributed by atoms with E-state index in [0.717, 1.165) is 10.6 Å². The van der Waals surface area contributed by atoms with Crippen LogP contribution in [0.25, 0.3) is 16.9 Å². The molecule has 1 aliphatic carbocycles. The highest BCUT2D eigenvalue weighted by molar-refractivity contribution is 6.11. The molecule has 11 heteroatoms. The number of ketones is 1. The van der Waals surface area contributed by atoms with E-state index in [-0.39, 0.29) is 18.4 Å². The SMILES string of the molecule is COc1nc2ccc(C)nc2n1-c1ccc(C(=O)CN2C(=O)NC3(CCC(F)(F)CC3)C2=O)cc1. The van der Waals surface area contributed by atoms with Crippen LogP contribution in [0.1, 0.15) is 41.7 Å². The first-order chi connectivity index (χ1) is 16.6. The molecule has 1 N–H and O–H groups in total. The van der Waals surface area contributed by atoms with E-state index in [2.05, 4.69) is 15.3 Å². The third kappa shape index (κ3) is 3.90. The molecule has 2 aliphatic rings. The Labute approximate surface area is 199 Å². The fraction of sp³-hybridized carbons (Fsp3) is 0.375. The predicted octanol–water partition coefficient (Wildman–Crippen LogP) is 3.42. The number of nitrogens with one attached hydrogen (secondary N) is 1. The Bertz CT molecular complexity index is 1340. The van der Waals surface area contributed by atoms with Crippen molar-refractivity contribution >= 4 is 28.9 Å². The van der Waals surface area contributed by atoms with E-state index in [1.54, 1.807) is 28.8 Å². The molecule has 0 atom stereocenters. The van der Waals surface area contributed by atoms with Crippen LogP contribution < -0.4 is 10.1 Å². The maximum Gasteiger partial charge on any atom is 0.325 e. The number of imide groups is 1. The van der Waals surface area contributed by atoms with E-state index >= 15 is 0 Å². The number of pyridine rings is 1. The summed E-state index contributed by atoms with van der Waals surface area (Å²) in [5, 5.41) is 2.55. The smallest absolute Gasteiger partial charge is 0.325 e. The minimum absolute atomic E-state index is 0.155. The first-order valence-corrected chi connectivity index (χ1v) is 11.2. The lowest BCUT2D eigenvalue weighted by Gasteiger charge is -2.34. The number of carbonyl (C=O) groups is 3. The van der Waals surface area contributed by atoms with Gasteiger partial charge in [0.15, 0.2) is 11.4 Å². The zero-order valence-electron chi connectivity index (χ0n) is 19.2. The van der Waals surface area contributed by atoms with Gasteiger partial charge in [0.1, 0.15) is 11.1 Å². The molecule has 0 bridgehead atoms. The molecule has 5 rings (SSSR count). The summed E-state index contributed by atoms with van der Waals surface area (Å²) in [7, 11) is 1.50. The Morgan fingerprint density at radius 2 is 1.74 bits per heavy atom. The number of halogens is 2. The highest BCUT2D eigenvalue weighted by Crippen LogP contribution is 2.41. The minimum atomic E-state index is -2.85. The number of benzene rings is 1. The number of carbonyl (C=O) groups excluding carboxylic acids is 3. The van der Waals surface area contributed by atoms with E-state index < -0.39 is 48.6 Å². The van der Waals surface area contributed by atoms with Gasteiger partial charge >= 0.3 is 12.0 Å². The van der Waals surface area contributed by atoms with Gasteiger partial charge in [0.25, 0.3) is 5.91 Å². The number of urea groups is 1. The summed E-state index contributed by atoms with van der Waals surface area (Å²) in [4.78, 5) is 48.0. The lowest BCUT2D eigenvalue weighted by Crippen LogP contribution is -2.51. The third-order valence-corrected chi connectivity index (χ3v) is 6.63. The number of imidazole rings is 1. The van der Waals surface area contributed by atoms with Crippen molar-refractivity contribution < 1.29 is 27.9 Å². The zero-order valence-corrected chi connectivity index (χ0v) is 19.2. The Kier molecular flexibility index (Phi) is 5.30. The van der Waals surface area contributed by atoms with Crippen molar-refractivity contribution in [2.45, 2.75) is 44.1 Å². The second-order valence-corrected chi connectivity index (χ2v) is 8.96. The summed E-state index contributed by atoms with van der Waals surface area (Å²) in [5.41, 5.74) is 1.66. The Balaban J connectivity index is 1.35. The van der Waals surface area contributed by atoms with Crippen molar-refractivity contribution in [3.63, 3.8) is 0 Å². The quantitative estimate of drug-likeness (QED) is 0.440. The van der Waals surface area contributed by atoms with E-state index in [4.69, 9.17) is 4.74 Å². The lowest BCUT2D eigenvalue weighted by molar-refractivity contribution is -0.135. The van der Waals surface area contributed by atoms with Gasteiger partial charge in [-0.05, 0) is 56.2 Å². The topological polar surface area (TPSA) is 106 Å². The number of fused-ring (bicyclic) bond motifs is 1.